The van der Waals surface area contributed by atoms with Gasteiger partial charge in [0.2, 0.25) is 12.7 Å². The maximum atomic E-state index is 12.7. The van der Waals surface area contributed by atoms with Gasteiger partial charge in [0.25, 0.3) is 0 Å². The normalized spacial score (nSPS) is 15.3. The number of thiophene rings is 1. The number of ether oxygens (including phenoxy) is 3. The lowest BCUT2D eigenvalue weighted by molar-refractivity contribution is -0.115. The van der Waals surface area contributed by atoms with Crippen LogP contribution in [0.1, 0.15) is 40.2 Å². The highest BCUT2D eigenvalue weighted by Crippen LogP contribution is 2.38. The van der Waals surface area contributed by atoms with E-state index in [0.717, 1.165) is 35.5 Å². The second-order valence-corrected chi connectivity index (χ2v) is 8.53. The highest BCUT2D eigenvalue weighted by atomic mass is 32.1. The van der Waals surface area contributed by atoms with Crippen LogP contribution in [0.4, 0.5) is 5.00 Å². The lowest BCUT2D eigenvalue weighted by Gasteiger charge is -2.30. The van der Waals surface area contributed by atoms with Gasteiger partial charge in [0.15, 0.2) is 11.5 Å². The molecule has 29 heavy (non-hydrogen) atoms. The Balaban J connectivity index is 1.54. The van der Waals surface area contributed by atoms with Crippen molar-refractivity contribution in [2.75, 3.05) is 25.8 Å². The molecular formula is C21H24N2O5S. The molecule has 1 aromatic carbocycles. The molecule has 1 aromatic heterocycles. The zero-order chi connectivity index (χ0) is 20.5. The van der Waals surface area contributed by atoms with E-state index in [1.807, 2.05) is 12.1 Å². The Hall–Kier alpha value is -2.58. The Labute approximate surface area is 173 Å². The monoisotopic (exact) mass is 416 g/mol. The van der Waals surface area contributed by atoms with Crippen LogP contribution in [-0.2, 0) is 28.9 Å². The van der Waals surface area contributed by atoms with Crippen LogP contribution in [0.5, 0.6) is 11.5 Å². The number of nitrogens with one attached hydrogen (secondary N) is 1. The molecule has 0 saturated heterocycles. The number of fused-ring (bicyclic) bond motifs is 2. The van der Waals surface area contributed by atoms with Crippen molar-refractivity contribution in [3.63, 3.8) is 0 Å². The van der Waals surface area contributed by atoms with Gasteiger partial charge < -0.3 is 19.5 Å². The first-order chi connectivity index (χ1) is 14.0. The van der Waals surface area contributed by atoms with Crippen LogP contribution in [0.15, 0.2) is 18.2 Å². The topological polar surface area (TPSA) is 77.1 Å². The third-order valence-corrected chi connectivity index (χ3v) is 6.39. The number of carbonyl (C=O) groups is 2. The smallest absolute Gasteiger partial charge is 0.341 e. The lowest BCUT2D eigenvalue weighted by atomic mass is 10.0. The molecule has 0 saturated carbocycles. The molecule has 1 amide bonds. The minimum atomic E-state index is -0.404. The van der Waals surface area contributed by atoms with Crippen molar-refractivity contribution < 1.29 is 23.8 Å². The van der Waals surface area contributed by atoms with Gasteiger partial charge in [-0.15, -0.1) is 11.3 Å². The minimum Gasteiger partial charge on any atom is -0.465 e. The summed E-state index contributed by atoms with van der Waals surface area (Å²) in [6, 6.07) is 5.88. The van der Waals surface area contributed by atoms with Crippen molar-refractivity contribution in [3.8, 4) is 11.5 Å². The number of methoxy groups -OCH3 is 1. The summed E-state index contributed by atoms with van der Waals surface area (Å²) in [7, 11) is 1.37. The van der Waals surface area contributed by atoms with Crippen molar-refractivity contribution in [1.82, 2.24) is 4.90 Å². The summed E-state index contributed by atoms with van der Waals surface area (Å²) in [5, 5.41) is 3.50. The molecule has 2 aliphatic heterocycles. The number of nitrogens with zero attached hydrogens (tertiary/aromatic N) is 1. The second kappa shape index (κ2) is 8.04. The predicted octanol–water partition coefficient (Wildman–Crippen LogP) is 3.21. The van der Waals surface area contributed by atoms with Crippen molar-refractivity contribution >= 4 is 28.2 Å². The zero-order valence-corrected chi connectivity index (χ0v) is 17.6. The summed E-state index contributed by atoms with van der Waals surface area (Å²) in [4.78, 5) is 28.6. The molecule has 2 aliphatic rings. The van der Waals surface area contributed by atoms with Gasteiger partial charge in [0, 0.05) is 24.0 Å². The van der Waals surface area contributed by atoms with Crippen LogP contribution < -0.4 is 14.8 Å². The lowest BCUT2D eigenvalue weighted by Crippen LogP contribution is -2.35. The number of hydrogen-bond acceptors (Lipinski definition) is 7. The molecule has 0 bridgehead atoms. The van der Waals surface area contributed by atoms with E-state index in [1.165, 1.54) is 18.4 Å². The van der Waals surface area contributed by atoms with E-state index in [1.54, 1.807) is 6.07 Å². The molecule has 2 aromatic rings. The van der Waals surface area contributed by atoms with Gasteiger partial charge >= 0.3 is 5.97 Å². The Morgan fingerprint density at radius 1 is 1.28 bits per heavy atom. The van der Waals surface area contributed by atoms with Crippen molar-refractivity contribution in [3.05, 3.63) is 39.8 Å². The predicted molar refractivity (Wildman–Crippen MR) is 110 cm³/mol. The highest BCUT2D eigenvalue weighted by molar-refractivity contribution is 7.17. The van der Waals surface area contributed by atoms with E-state index < -0.39 is 5.97 Å². The first-order valence-corrected chi connectivity index (χ1v) is 10.4. The fourth-order valence-corrected chi connectivity index (χ4v) is 4.95. The van der Waals surface area contributed by atoms with E-state index in [0.29, 0.717) is 28.1 Å². The quantitative estimate of drug-likeness (QED) is 0.755. The Bertz CT molecular complexity index is 953. The molecule has 0 fully saturated rings. The third kappa shape index (κ3) is 3.95. The van der Waals surface area contributed by atoms with E-state index in [2.05, 4.69) is 24.1 Å². The van der Waals surface area contributed by atoms with Gasteiger partial charge in [-0.3, -0.25) is 9.69 Å². The number of hydrogen-bond donors (Lipinski definition) is 1. The van der Waals surface area contributed by atoms with Crippen LogP contribution >= 0.6 is 11.3 Å². The summed E-state index contributed by atoms with van der Waals surface area (Å²) in [6.07, 6.45) is 0.949. The summed E-state index contributed by atoms with van der Waals surface area (Å²) in [5.74, 6) is 0.737. The van der Waals surface area contributed by atoms with Gasteiger partial charge in [-0.2, -0.15) is 0 Å². The zero-order valence-electron chi connectivity index (χ0n) is 16.7. The average molecular weight is 416 g/mol. The van der Waals surface area contributed by atoms with Crippen LogP contribution in [-0.4, -0.2) is 43.3 Å². The number of esters is 1. The minimum absolute atomic E-state index is 0.179. The average Bonchev–Trinajstić information content (AvgIpc) is 3.30. The van der Waals surface area contributed by atoms with Gasteiger partial charge in [0.1, 0.15) is 5.00 Å². The summed E-state index contributed by atoms with van der Waals surface area (Å²) < 4.78 is 15.7. The number of benzene rings is 1. The molecule has 3 heterocycles. The van der Waals surface area contributed by atoms with Crippen LogP contribution in [0.3, 0.4) is 0 Å². The summed E-state index contributed by atoms with van der Waals surface area (Å²) in [5.41, 5.74) is 2.31. The Morgan fingerprint density at radius 3 is 2.83 bits per heavy atom. The van der Waals surface area contributed by atoms with Gasteiger partial charge in [-0.05, 0) is 43.5 Å². The molecule has 8 heteroatoms. The first-order valence-electron chi connectivity index (χ1n) is 9.61. The van der Waals surface area contributed by atoms with E-state index in [4.69, 9.17) is 14.2 Å². The molecule has 154 valence electrons. The fourth-order valence-electron chi connectivity index (χ4n) is 3.68. The highest BCUT2D eigenvalue weighted by Gasteiger charge is 2.30. The Morgan fingerprint density at radius 2 is 2.07 bits per heavy atom. The maximum absolute atomic E-state index is 12.7. The molecule has 7 nitrogen and oxygen atoms in total. The number of amides is 1. The van der Waals surface area contributed by atoms with Gasteiger partial charge in [0.05, 0.1) is 19.1 Å². The molecule has 1 N–H and O–H groups in total. The van der Waals surface area contributed by atoms with Crippen molar-refractivity contribution in [2.45, 2.75) is 39.3 Å². The number of carbonyl (C=O) groups excluding carboxylic acids is 2. The molecule has 0 unspecified atom stereocenters. The Kier molecular flexibility index (Phi) is 5.47. The van der Waals surface area contributed by atoms with Gasteiger partial charge in [-0.1, -0.05) is 6.07 Å². The van der Waals surface area contributed by atoms with Crippen LogP contribution in [0, 0.1) is 0 Å². The fraction of sp³-hybridized carbons (Fsp3) is 0.429. The van der Waals surface area contributed by atoms with Crippen LogP contribution in [0.25, 0.3) is 0 Å². The van der Waals surface area contributed by atoms with Crippen molar-refractivity contribution in [1.29, 1.82) is 0 Å². The van der Waals surface area contributed by atoms with Gasteiger partial charge in [-0.25, -0.2) is 4.79 Å². The first kappa shape index (κ1) is 19.7. The molecule has 0 atom stereocenters. The largest absolute Gasteiger partial charge is 0.465 e. The summed E-state index contributed by atoms with van der Waals surface area (Å²) >= 11 is 1.47. The molecule has 4 rings (SSSR count). The third-order valence-electron chi connectivity index (χ3n) is 5.26. The molecule has 0 spiro atoms. The maximum Gasteiger partial charge on any atom is 0.341 e. The number of rotatable bonds is 5. The molecule has 0 aliphatic carbocycles. The standard InChI is InChI=1S/C21H24N2O5S/c1-12(2)23-7-6-14-17(10-23)29-20(19(14)21(25)26-3)22-18(24)9-13-4-5-15-16(8-13)28-11-27-15/h4-5,8,12H,6-7,9-11H2,1-3H3,(H,22,24). The SMILES string of the molecule is COC(=O)c1c(NC(=O)Cc2ccc3c(c2)OCO3)sc2c1CCN(C(C)C)C2. The van der Waals surface area contributed by atoms with Crippen LogP contribution in [0.2, 0.25) is 0 Å². The van der Waals surface area contributed by atoms with E-state index >= 15 is 0 Å². The summed E-state index contributed by atoms with van der Waals surface area (Å²) in [6.45, 7) is 6.18. The van der Waals surface area contributed by atoms with E-state index in [-0.39, 0.29) is 19.1 Å². The van der Waals surface area contributed by atoms with Crippen molar-refractivity contribution in [2.24, 2.45) is 0 Å². The number of anilines is 1. The second-order valence-electron chi connectivity index (χ2n) is 7.43. The molecular weight excluding hydrogens is 392 g/mol. The molecule has 0 radical (unpaired) electrons. The van der Waals surface area contributed by atoms with E-state index in [9.17, 15) is 9.59 Å².